The molecule has 0 spiro atoms. The molecule has 33 heavy (non-hydrogen) atoms. The lowest BCUT2D eigenvalue weighted by atomic mass is 10.2. The third kappa shape index (κ3) is 7.01. The molecule has 1 fully saturated rings. The van der Waals surface area contributed by atoms with E-state index in [9.17, 15) is 23.1 Å². The number of piperazine rings is 1. The smallest absolute Gasteiger partial charge is 0.251 e. The van der Waals surface area contributed by atoms with Gasteiger partial charge in [0.1, 0.15) is 5.75 Å². The number of carbonyl (C=O) groups is 2. The molecule has 1 heterocycles. The maximum atomic E-state index is 12.8. The molecule has 2 amide bonds. The van der Waals surface area contributed by atoms with Gasteiger partial charge in [-0.15, -0.1) is 0 Å². The average Bonchev–Trinajstić information content (AvgIpc) is 2.79. The molecule has 178 valence electrons. The van der Waals surface area contributed by atoms with Gasteiger partial charge in [-0.1, -0.05) is 23.8 Å². The molecule has 2 aromatic rings. The van der Waals surface area contributed by atoms with Crippen LogP contribution in [0.15, 0.2) is 53.4 Å². The zero-order chi connectivity index (χ0) is 23.8. The normalized spacial score (nSPS) is 15.2. The Morgan fingerprint density at radius 2 is 1.64 bits per heavy atom. The molecule has 9 nitrogen and oxygen atoms in total. The first-order chi connectivity index (χ1) is 15.8. The molecule has 1 saturated heterocycles. The van der Waals surface area contributed by atoms with E-state index in [2.05, 4.69) is 10.6 Å². The highest BCUT2D eigenvalue weighted by atomic mass is 32.2. The van der Waals surface area contributed by atoms with Crippen molar-refractivity contribution in [3.05, 3.63) is 59.7 Å². The van der Waals surface area contributed by atoms with E-state index in [4.69, 9.17) is 0 Å². The number of benzene rings is 2. The molecular formula is C23H30N4O5S. The molecule has 0 saturated carbocycles. The van der Waals surface area contributed by atoms with E-state index in [-0.39, 0.29) is 29.0 Å². The number of hydrogen-bond acceptors (Lipinski definition) is 6. The molecule has 3 N–H and O–H groups in total. The predicted molar refractivity (Wildman–Crippen MR) is 124 cm³/mol. The number of phenols is 1. The first-order valence-electron chi connectivity index (χ1n) is 10.9. The Balaban J connectivity index is 1.33. The predicted octanol–water partition coefficient (Wildman–Crippen LogP) is 0.943. The third-order valence-electron chi connectivity index (χ3n) is 5.43. The van der Waals surface area contributed by atoms with Crippen molar-refractivity contribution < 1.29 is 23.1 Å². The van der Waals surface area contributed by atoms with E-state index in [1.807, 2.05) is 11.8 Å². The first-order valence-corrected chi connectivity index (χ1v) is 12.3. The van der Waals surface area contributed by atoms with Crippen LogP contribution in [0, 0.1) is 6.92 Å². The number of hydrogen-bond donors (Lipinski definition) is 3. The van der Waals surface area contributed by atoms with Crippen molar-refractivity contribution in [1.29, 1.82) is 0 Å². The lowest BCUT2D eigenvalue weighted by molar-refractivity contribution is -0.122. The van der Waals surface area contributed by atoms with Crippen LogP contribution in [0.5, 0.6) is 5.75 Å². The van der Waals surface area contributed by atoms with Crippen LogP contribution < -0.4 is 10.6 Å². The quantitative estimate of drug-likeness (QED) is 0.466. The summed E-state index contributed by atoms with van der Waals surface area (Å²) in [6.07, 6.45) is 0.568. The molecule has 1 aliphatic rings. The lowest BCUT2D eigenvalue weighted by Gasteiger charge is -2.33. The number of rotatable bonds is 9. The first kappa shape index (κ1) is 24.7. The Morgan fingerprint density at radius 3 is 2.30 bits per heavy atom. The summed E-state index contributed by atoms with van der Waals surface area (Å²) in [6, 6.07) is 12.9. The minimum Gasteiger partial charge on any atom is -0.508 e. The van der Waals surface area contributed by atoms with E-state index in [0.29, 0.717) is 51.3 Å². The number of aromatic hydroxyl groups is 1. The maximum absolute atomic E-state index is 12.8. The lowest BCUT2D eigenvalue weighted by Crippen LogP contribution is -2.51. The number of nitrogens with one attached hydrogen (secondary N) is 2. The van der Waals surface area contributed by atoms with E-state index in [1.54, 1.807) is 36.4 Å². The summed E-state index contributed by atoms with van der Waals surface area (Å²) in [5, 5.41) is 15.0. The summed E-state index contributed by atoms with van der Waals surface area (Å²) in [7, 11) is -3.52. The maximum Gasteiger partial charge on any atom is 0.251 e. The molecule has 2 aromatic carbocycles. The van der Waals surface area contributed by atoms with E-state index < -0.39 is 10.0 Å². The van der Waals surface area contributed by atoms with Crippen molar-refractivity contribution in [2.75, 3.05) is 45.8 Å². The highest BCUT2D eigenvalue weighted by molar-refractivity contribution is 7.89. The van der Waals surface area contributed by atoms with Gasteiger partial charge in [-0.25, -0.2) is 8.42 Å². The van der Waals surface area contributed by atoms with Crippen molar-refractivity contribution in [3.63, 3.8) is 0 Å². The second-order valence-electron chi connectivity index (χ2n) is 8.00. The molecular weight excluding hydrogens is 444 g/mol. The minimum absolute atomic E-state index is 0.0310. The van der Waals surface area contributed by atoms with Crippen molar-refractivity contribution >= 4 is 21.8 Å². The van der Waals surface area contributed by atoms with Gasteiger partial charge in [-0.05, 0) is 43.7 Å². The Morgan fingerprint density at radius 1 is 0.970 bits per heavy atom. The molecule has 0 atom stereocenters. The monoisotopic (exact) mass is 474 g/mol. The molecule has 3 rings (SSSR count). The molecule has 0 unspecified atom stereocenters. The topological polar surface area (TPSA) is 119 Å². The van der Waals surface area contributed by atoms with Gasteiger partial charge in [-0.3, -0.25) is 14.5 Å². The number of amides is 2. The highest BCUT2D eigenvalue weighted by Crippen LogP contribution is 2.18. The van der Waals surface area contributed by atoms with Crippen LogP contribution in [0.3, 0.4) is 0 Å². The Bertz CT molecular complexity index is 1060. The van der Waals surface area contributed by atoms with E-state index >= 15 is 0 Å². The fourth-order valence-electron chi connectivity index (χ4n) is 3.51. The van der Waals surface area contributed by atoms with Crippen LogP contribution in [0.1, 0.15) is 22.3 Å². The van der Waals surface area contributed by atoms with Crippen molar-refractivity contribution in [3.8, 4) is 5.75 Å². The molecule has 0 aromatic heterocycles. The summed E-state index contributed by atoms with van der Waals surface area (Å²) in [5.74, 6) is -0.386. The van der Waals surface area contributed by atoms with Crippen LogP contribution in [-0.4, -0.2) is 80.4 Å². The molecule has 10 heteroatoms. The fourth-order valence-corrected chi connectivity index (χ4v) is 4.94. The molecule has 0 radical (unpaired) electrons. The van der Waals surface area contributed by atoms with Gasteiger partial charge >= 0.3 is 0 Å². The number of aryl methyl sites for hydroxylation is 1. The second-order valence-corrected chi connectivity index (χ2v) is 9.94. The van der Waals surface area contributed by atoms with Gasteiger partial charge in [0, 0.05) is 44.8 Å². The Kier molecular flexibility index (Phi) is 8.43. The number of sulfonamides is 1. The van der Waals surface area contributed by atoms with Crippen molar-refractivity contribution in [2.24, 2.45) is 0 Å². The van der Waals surface area contributed by atoms with Crippen molar-refractivity contribution in [1.82, 2.24) is 19.8 Å². The van der Waals surface area contributed by atoms with Gasteiger partial charge in [0.25, 0.3) is 5.91 Å². The van der Waals surface area contributed by atoms with Crippen LogP contribution in [0.25, 0.3) is 0 Å². The Hall–Kier alpha value is -2.95. The summed E-state index contributed by atoms with van der Waals surface area (Å²) in [6.45, 7) is 4.57. The molecule has 1 aliphatic heterocycles. The summed E-state index contributed by atoms with van der Waals surface area (Å²) < 4.78 is 27.0. The van der Waals surface area contributed by atoms with Crippen molar-refractivity contribution in [2.45, 2.75) is 18.2 Å². The third-order valence-corrected chi connectivity index (χ3v) is 7.34. The largest absolute Gasteiger partial charge is 0.508 e. The number of nitrogens with zero attached hydrogens (tertiary/aromatic N) is 2. The van der Waals surface area contributed by atoms with Gasteiger partial charge in [0.05, 0.1) is 11.4 Å². The zero-order valence-electron chi connectivity index (χ0n) is 18.7. The average molecular weight is 475 g/mol. The van der Waals surface area contributed by atoms with Gasteiger partial charge < -0.3 is 15.7 Å². The fraction of sp³-hybridized carbons (Fsp3) is 0.391. The standard InChI is InChI=1S/C23H30N4O5S/c1-18-6-8-21(9-7-18)33(31,32)27-14-12-26(13-15-27)17-22(29)24-10-3-11-25-23(30)19-4-2-5-20(28)16-19/h2,4-9,16,28H,3,10-15,17H2,1H3,(H,24,29)(H,25,30). The van der Waals surface area contributed by atoms with Crippen LogP contribution >= 0.6 is 0 Å². The Labute approximate surface area is 194 Å². The number of phenolic OH excluding ortho intramolecular Hbond substituents is 1. The van der Waals surface area contributed by atoms with Crippen LogP contribution in [0.4, 0.5) is 0 Å². The number of carbonyl (C=O) groups excluding carboxylic acids is 2. The SMILES string of the molecule is Cc1ccc(S(=O)(=O)N2CCN(CC(=O)NCCCNC(=O)c3cccc(O)c3)CC2)cc1. The van der Waals surface area contributed by atoms with Gasteiger partial charge in [0.15, 0.2) is 0 Å². The van der Waals surface area contributed by atoms with E-state index in [1.165, 1.54) is 16.4 Å². The highest BCUT2D eigenvalue weighted by Gasteiger charge is 2.28. The van der Waals surface area contributed by atoms with Gasteiger partial charge in [0.2, 0.25) is 15.9 Å². The van der Waals surface area contributed by atoms with Crippen LogP contribution in [-0.2, 0) is 14.8 Å². The second kappa shape index (κ2) is 11.3. The molecule has 0 aliphatic carbocycles. The van der Waals surface area contributed by atoms with Gasteiger partial charge in [-0.2, -0.15) is 4.31 Å². The van der Waals surface area contributed by atoms with Crippen LogP contribution in [0.2, 0.25) is 0 Å². The zero-order valence-corrected chi connectivity index (χ0v) is 19.5. The summed E-state index contributed by atoms with van der Waals surface area (Å²) in [4.78, 5) is 26.4. The van der Waals surface area contributed by atoms with E-state index in [0.717, 1.165) is 5.56 Å². The summed E-state index contributed by atoms with van der Waals surface area (Å²) in [5.41, 5.74) is 1.38. The summed E-state index contributed by atoms with van der Waals surface area (Å²) >= 11 is 0. The minimum atomic E-state index is -3.52. The molecule has 0 bridgehead atoms.